The van der Waals surface area contributed by atoms with Crippen LogP contribution in [0.4, 0.5) is 11.4 Å². The summed E-state index contributed by atoms with van der Waals surface area (Å²) in [6.07, 6.45) is 0. The van der Waals surface area contributed by atoms with Crippen molar-refractivity contribution in [2.24, 2.45) is 0 Å². The summed E-state index contributed by atoms with van der Waals surface area (Å²) in [6, 6.07) is 2.53. The van der Waals surface area contributed by atoms with Crippen LogP contribution in [0.5, 0.6) is 0 Å². The number of halogens is 1. The fraction of sp³-hybridized carbons (Fsp3) is 0.222. The average Bonchev–Trinajstić information content (AvgIpc) is 2.21. The zero-order valence-corrected chi connectivity index (χ0v) is 9.15. The Morgan fingerprint density at radius 3 is 2.75 bits per heavy atom. The molecular formula is C9H9ClN2O4. The van der Waals surface area contributed by atoms with Crippen LogP contribution in [-0.2, 0) is 4.74 Å². The Balaban J connectivity index is 3.34. The Kier molecular flexibility index (Phi) is 3.68. The van der Waals surface area contributed by atoms with Crippen LogP contribution in [0.1, 0.15) is 17.3 Å². The number of anilines is 1. The first kappa shape index (κ1) is 12.3. The number of benzene rings is 1. The molecule has 2 N–H and O–H groups in total. The van der Waals surface area contributed by atoms with E-state index in [1.54, 1.807) is 6.92 Å². The zero-order valence-electron chi connectivity index (χ0n) is 8.40. The molecule has 1 rings (SSSR count). The fourth-order valence-electron chi connectivity index (χ4n) is 1.15. The number of carbonyl (C=O) groups is 1. The molecule has 1 aromatic carbocycles. The molecule has 0 aliphatic carbocycles. The number of esters is 1. The van der Waals surface area contributed by atoms with E-state index in [1.165, 1.54) is 12.1 Å². The van der Waals surface area contributed by atoms with Crippen molar-refractivity contribution in [2.45, 2.75) is 6.92 Å². The monoisotopic (exact) mass is 244 g/mol. The molecule has 16 heavy (non-hydrogen) atoms. The highest BCUT2D eigenvalue weighted by molar-refractivity contribution is 6.33. The van der Waals surface area contributed by atoms with E-state index < -0.39 is 16.6 Å². The molecule has 0 radical (unpaired) electrons. The van der Waals surface area contributed by atoms with Crippen molar-refractivity contribution in [1.29, 1.82) is 0 Å². The molecule has 0 aliphatic rings. The van der Waals surface area contributed by atoms with Gasteiger partial charge in [-0.25, -0.2) is 4.79 Å². The second-order valence-electron chi connectivity index (χ2n) is 2.83. The summed E-state index contributed by atoms with van der Waals surface area (Å²) in [5.41, 5.74) is 4.48. The molecule has 7 heteroatoms. The van der Waals surface area contributed by atoms with Gasteiger partial charge in [-0.05, 0) is 19.1 Å². The maximum Gasteiger partial charge on any atom is 0.345 e. The topological polar surface area (TPSA) is 95.5 Å². The number of nitrogens with zero attached hydrogens (tertiary/aromatic N) is 1. The van der Waals surface area contributed by atoms with Crippen LogP contribution in [0.2, 0.25) is 5.02 Å². The van der Waals surface area contributed by atoms with Crippen molar-refractivity contribution in [3.63, 3.8) is 0 Å². The lowest BCUT2D eigenvalue weighted by molar-refractivity contribution is -0.384. The number of nitro groups is 1. The van der Waals surface area contributed by atoms with Gasteiger partial charge in [0.05, 0.1) is 16.6 Å². The summed E-state index contributed by atoms with van der Waals surface area (Å²) < 4.78 is 4.67. The quantitative estimate of drug-likeness (QED) is 0.380. The van der Waals surface area contributed by atoms with Gasteiger partial charge in [-0.3, -0.25) is 10.1 Å². The number of nitro benzene ring substituents is 1. The van der Waals surface area contributed by atoms with Crippen LogP contribution in [0.15, 0.2) is 12.1 Å². The fourth-order valence-corrected chi connectivity index (χ4v) is 1.31. The smallest absolute Gasteiger partial charge is 0.345 e. The average molecular weight is 245 g/mol. The number of nitrogen functional groups attached to an aromatic ring is 1. The molecule has 6 nitrogen and oxygen atoms in total. The molecule has 0 saturated heterocycles. The predicted molar refractivity (Wildman–Crippen MR) is 58.5 cm³/mol. The summed E-state index contributed by atoms with van der Waals surface area (Å²) in [5, 5.41) is 10.8. The second-order valence-corrected chi connectivity index (χ2v) is 3.24. The molecule has 0 fully saturated rings. The van der Waals surface area contributed by atoms with Gasteiger partial charge in [-0.2, -0.15) is 0 Å². The molecule has 0 saturated carbocycles. The summed E-state index contributed by atoms with van der Waals surface area (Å²) in [6.45, 7) is 1.72. The molecule has 0 spiro atoms. The van der Waals surface area contributed by atoms with Gasteiger partial charge in [0, 0.05) is 0 Å². The predicted octanol–water partition coefficient (Wildman–Crippen LogP) is 2.01. The molecule has 0 aliphatic heterocycles. The lowest BCUT2D eigenvalue weighted by atomic mass is 10.1. The van der Waals surface area contributed by atoms with Gasteiger partial charge in [0.1, 0.15) is 11.3 Å². The normalized spacial score (nSPS) is 9.88. The van der Waals surface area contributed by atoms with E-state index in [2.05, 4.69) is 4.74 Å². The minimum Gasteiger partial charge on any atom is -0.462 e. The van der Waals surface area contributed by atoms with Crippen molar-refractivity contribution in [2.75, 3.05) is 12.3 Å². The van der Waals surface area contributed by atoms with Crippen LogP contribution in [0.3, 0.4) is 0 Å². The third kappa shape index (κ3) is 2.22. The third-order valence-corrected chi connectivity index (χ3v) is 2.17. The molecule has 1 aromatic rings. The Morgan fingerprint density at radius 1 is 1.62 bits per heavy atom. The van der Waals surface area contributed by atoms with E-state index in [4.69, 9.17) is 17.3 Å². The number of hydrogen-bond acceptors (Lipinski definition) is 5. The first-order chi connectivity index (χ1) is 7.49. The van der Waals surface area contributed by atoms with Gasteiger partial charge >= 0.3 is 11.7 Å². The van der Waals surface area contributed by atoms with Crippen LogP contribution in [0.25, 0.3) is 0 Å². The van der Waals surface area contributed by atoms with Crippen molar-refractivity contribution < 1.29 is 14.5 Å². The second kappa shape index (κ2) is 4.80. The largest absolute Gasteiger partial charge is 0.462 e. The van der Waals surface area contributed by atoms with Crippen LogP contribution < -0.4 is 5.73 Å². The van der Waals surface area contributed by atoms with Gasteiger partial charge in [-0.15, -0.1) is 0 Å². The van der Waals surface area contributed by atoms with Crippen LogP contribution >= 0.6 is 11.6 Å². The number of carbonyl (C=O) groups excluding carboxylic acids is 1. The van der Waals surface area contributed by atoms with E-state index in [9.17, 15) is 14.9 Å². The van der Waals surface area contributed by atoms with Crippen molar-refractivity contribution >= 4 is 28.9 Å². The summed E-state index contributed by atoms with van der Waals surface area (Å²) in [7, 11) is 0. The Labute approximate surface area is 96.1 Å². The maximum atomic E-state index is 11.4. The summed E-state index contributed by atoms with van der Waals surface area (Å²) in [4.78, 5) is 21.4. The maximum absolute atomic E-state index is 11.4. The van der Waals surface area contributed by atoms with E-state index >= 15 is 0 Å². The first-order valence-corrected chi connectivity index (χ1v) is 4.76. The number of nitrogens with two attached hydrogens (primary N) is 1. The van der Waals surface area contributed by atoms with E-state index in [0.717, 1.165) is 0 Å². The van der Waals surface area contributed by atoms with Gasteiger partial charge in [-0.1, -0.05) is 11.6 Å². The minimum atomic E-state index is -0.794. The molecule has 0 bridgehead atoms. The van der Waals surface area contributed by atoms with Gasteiger partial charge in [0.2, 0.25) is 0 Å². The minimum absolute atomic E-state index is 0.0275. The lowest BCUT2D eigenvalue weighted by Crippen LogP contribution is -2.10. The van der Waals surface area contributed by atoms with Gasteiger partial charge < -0.3 is 10.5 Å². The molecule has 0 unspecified atom stereocenters. The highest BCUT2D eigenvalue weighted by Crippen LogP contribution is 2.32. The van der Waals surface area contributed by atoms with Crippen LogP contribution in [0, 0.1) is 10.1 Å². The van der Waals surface area contributed by atoms with Gasteiger partial charge in [0.15, 0.2) is 0 Å². The van der Waals surface area contributed by atoms with E-state index in [-0.39, 0.29) is 22.9 Å². The first-order valence-electron chi connectivity index (χ1n) is 4.38. The standard InChI is InChI=1S/C9H9ClN2O4/c1-2-16-9(13)5-3-4-6(10)7(11)8(5)12(14)15/h3-4H,2,11H2,1H3. The Bertz CT molecular complexity index is 447. The number of rotatable bonds is 3. The van der Waals surface area contributed by atoms with Crippen molar-refractivity contribution in [3.05, 3.63) is 32.8 Å². The van der Waals surface area contributed by atoms with Crippen molar-refractivity contribution in [1.82, 2.24) is 0 Å². The number of hydrogen-bond donors (Lipinski definition) is 1. The van der Waals surface area contributed by atoms with Crippen molar-refractivity contribution in [3.8, 4) is 0 Å². The highest BCUT2D eigenvalue weighted by Gasteiger charge is 2.26. The number of ether oxygens (including phenoxy) is 1. The lowest BCUT2D eigenvalue weighted by Gasteiger charge is -2.05. The van der Waals surface area contributed by atoms with E-state index in [0.29, 0.717) is 0 Å². The molecule has 0 atom stereocenters. The van der Waals surface area contributed by atoms with Gasteiger partial charge in [0.25, 0.3) is 0 Å². The van der Waals surface area contributed by atoms with E-state index in [1.807, 2.05) is 0 Å². The summed E-state index contributed by atoms with van der Waals surface area (Å²) in [5.74, 6) is -0.794. The summed E-state index contributed by atoms with van der Waals surface area (Å²) >= 11 is 5.63. The van der Waals surface area contributed by atoms with Crippen LogP contribution in [-0.4, -0.2) is 17.5 Å². The molecular weight excluding hydrogens is 236 g/mol. The SMILES string of the molecule is CCOC(=O)c1ccc(Cl)c(N)c1[N+](=O)[O-]. The highest BCUT2D eigenvalue weighted by atomic mass is 35.5. The Morgan fingerprint density at radius 2 is 2.25 bits per heavy atom. The molecule has 86 valence electrons. The molecule has 0 heterocycles. The third-order valence-electron chi connectivity index (χ3n) is 1.84. The molecule has 0 aromatic heterocycles. The Hall–Kier alpha value is -1.82. The molecule has 0 amide bonds. The zero-order chi connectivity index (χ0) is 12.3.